The van der Waals surface area contributed by atoms with Crippen molar-refractivity contribution in [2.75, 3.05) is 0 Å². The van der Waals surface area contributed by atoms with Gasteiger partial charge in [0.05, 0.1) is 0 Å². The quantitative estimate of drug-likeness (QED) is 0.495. The van der Waals surface area contributed by atoms with Crippen molar-refractivity contribution < 1.29 is 4.79 Å². The van der Waals surface area contributed by atoms with Crippen molar-refractivity contribution in [3.05, 3.63) is 11.6 Å². The van der Waals surface area contributed by atoms with Gasteiger partial charge in [-0.05, 0) is 25.7 Å². The van der Waals surface area contributed by atoms with Crippen LogP contribution in [0.15, 0.2) is 11.6 Å². The minimum atomic E-state index is -0.299. The average Bonchev–Trinajstić information content (AvgIpc) is 2.09. The van der Waals surface area contributed by atoms with Gasteiger partial charge in [0.25, 0.3) is 0 Å². The Hall–Kier alpha value is -0.790. The predicted octanol–water partition coefficient (Wildman–Crippen LogP) is 3.02. The third-order valence-electron chi connectivity index (χ3n) is 2.32. The summed E-state index contributed by atoms with van der Waals surface area (Å²) < 4.78 is 0. The number of primary amides is 1. The molecule has 2 heteroatoms. The molecule has 0 aliphatic rings. The molecule has 0 aliphatic heterocycles. The van der Waals surface area contributed by atoms with E-state index in [-0.39, 0.29) is 5.91 Å². The maximum atomic E-state index is 10.7. The molecule has 0 aliphatic carbocycles. The van der Waals surface area contributed by atoms with Gasteiger partial charge in [0, 0.05) is 5.57 Å². The van der Waals surface area contributed by atoms with Gasteiger partial charge in [-0.25, -0.2) is 0 Å². The number of allylic oxidation sites excluding steroid dienone is 1. The summed E-state index contributed by atoms with van der Waals surface area (Å²) in [5.41, 5.74) is 5.80. The second kappa shape index (κ2) is 7.60. The summed E-state index contributed by atoms with van der Waals surface area (Å²) in [6, 6.07) is 0. The van der Waals surface area contributed by atoms with E-state index in [9.17, 15) is 4.79 Å². The number of hydrogen-bond donors (Lipinski definition) is 1. The van der Waals surface area contributed by atoms with Gasteiger partial charge in [-0.3, -0.25) is 4.79 Å². The van der Waals surface area contributed by atoms with Gasteiger partial charge in [0.2, 0.25) is 5.91 Å². The Balaban J connectivity index is 3.38. The molecule has 0 bridgehead atoms. The summed E-state index contributed by atoms with van der Waals surface area (Å²) in [6.07, 6.45) is 7.93. The van der Waals surface area contributed by atoms with E-state index in [0.717, 1.165) is 18.8 Å². The molecule has 0 unspecified atom stereocenters. The summed E-state index contributed by atoms with van der Waals surface area (Å²) in [4.78, 5) is 10.7. The zero-order chi connectivity index (χ0) is 11.0. The van der Waals surface area contributed by atoms with Gasteiger partial charge in [-0.2, -0.15) is 0 Å². The van der Waals surface area contributed by atoms with Crippen LogP contribution in [0, 0.1) is 5.92 Å². The second-order valence-corrected chi connectivity index (χ2v) is 4.28. The molecular formula is C12H23NO. The molecule has 0 radical (unpaired) electrons. The maximum absolute atomic E-state index is 10.7. The van der Waals surface area contributed by atoms with Crippen LogP contribution in [0.3, 0.4) is 0 Å². The van der Waals surface area contributed by atoms with Crippen LogP contribution in [0.2, 0.25) is 0 Å². The molecule has 14 heavy (non-hydrogen) atoms. The third kappa shape index (κ3) is 7.84. The van der Waals surface area contributed by atoms with Crippen LogP contribution in [-0.4, -0.2) is 5.91 Å². The van der Waals surface area contributed by atoms with E-state index in [2.05, 4.69) is 13.8 Å². The van der Waals surface area contributed by atoms with Gasteiger partial charge in [0.15, 0.2) is 0 Å². The summed E-state index contributed by atoms with van der Waals surface area (Å²) in [7, 11) is 0. The monoisotopic (exact) mass is 197 g/mol. The number of rotatable bonds is 7. The average molecular weight is 197 g/mol. The molecule has 0 spiro atoms. The van der Waals surface area contributed by atoms with Crippen LogP contribution in [0.25, 0.3) is 0 Å². The molecule has 0 rings (SSSR count). The van der Waals surface area contributed by atoms with Gasteiger partial charge in [-0.15, -0.1) is 0 Å². The fourth-order valence-corrected chi connectivity index (χ4v) is 1.29. The van der Waals surface area contributed by atoms with E-state index < -0.39 is 0 Å². The first-order valence-electron chi connectivity index (χ1n) is 5.50. The van der Waals surface area contributed by atoms with E-state index in [0.29, 0.717) is 5.57 Å². The van der Waals surface area contributed by atoms with Gasteiger partial charge in [0.1, 0.15) is 0 Å². The first kappa shape index (κ1) is 13.2. The van der Waals surface area contributed by atoms with Crippen LogP contribution in [-0.2, 0) is 4.79 Å². The van der Waals surface area contributed by atoms with Crippen LogP contribution in [0.5, 0.6) is 0 Å². The van der Waals surface area contributed by atoms with Crippen molar-refractivity contribution >= 4 is 5.91 Å². The first-order valence-corrected chi connectivity index (χ1v) is 5.50. The molecule has 0 saturated heterocycles. The number of carbonyl (C=O) groups excluding carboxylic acids is 1. The summed E-state index contributed by atoms with van der Waals surface area (Å²) in [5.74, 6) is 0.505. The molecule has 1 amide bonds. The van der Waals surface area contributed by atoms with E-state index >= 15 is 0 Å². The van der Waals surface area contributed by atoms with E-state index in [1.807, 2.05) is 6.08 Å². The topological polar surface area (TPSA) is 43.1 Å². The van der Waals surface area contributed by atoms with Crippen molar-refractivity contribution in [1.82, 2.24) is 0 Å². The Bertz CT molecular complexity index is 194. The molecule has 2 N–H and O–H groups in total. The van der Waals surface area contributed by atoms with Gasteiger partial charge >= 0.3 is 0 Å². The lowest BCUT2D eigenvalue weighted by molar-refractivity contribution is -0.114. The summed E-state index contributed by atoms with van der Waals surface area (Å²) >= 11 is 0. The summed E-state index contributed by atoms with van der Waals surface area (Å²) in [5, 5.41) is 0. The standard InChI is InChI=1S/C12H23NO/c1-10(2)8-6-4-5-7-9-11(3)12(13)14/h9-10H,4-8H2,1-3H3,(H2,13,14). The van der Waals surface area contributed by atoms with Gasteiger partial charge in [-0.1, -0.05) is 39.2 Å². The van der Waals surface area contributed by atoms with Crippen LogP contribution in [0.1, 0.15) is 52.9 Å². The zero-order valence-electron chi connectivity index (χ0n) is 9.68. The van der Waals surface area contributed by atoms with Crippen LogP contribution >= 0.6 is 0 Å². The Morgan fingerprint density at radius 1 is 1.29 bits per heavy atom. The Morgan fingerprint density at radius 3 is 2.43 bits per heavy atom. The predicted molar refractivity (Wildman–Crippen MR) is 60.9 cm³/mol. The third-order valence-corrected chi connectivity index (χ3v) is 2.32. The highest BCUT2D eigenvalue weighted by atomic mass is 16.1. The van der Waals surface area contributed by atoms with E-state index in [4.69, 9.17) is 5.73 Å². The van der Waals surface area contributed by atoms with Crippen molar-refractivity contribution in [2.45, 2.75) is 52.9 Å². The lowest BCUT2D eigenvalue weighted by Gasteiger charge is -2.02. The van der Waals surface area contributed by atoms with Crippen molar-refractivity contribution in [1.29, 1.82) is 0 Å². The summed E-state index contributed by atoms with van der Waals surface area (Å²) in [6.45, 7) is 6.27. The normalized spacial score (nSPS) is 12.1. The molecule has 2 nitrogen and oxygen atoms in total. The smallest absolute Gasteiger partial charge is 0.244 e. The molecule has 0 aromatic heterocycles. The van der Waals surface area contributed by atoms with Crippen LogP contribution in [0.4, 0.5) is 0 Å². The number of unbranched alkanes of at least 4 members (excludes halogenated alkanes) is 3. The number of hydrogen-bond acceptors (Lipinski definition) is 1. The Morgan fingerprint density at radius 2 is 1.93 bits per heavy atom. The fourth-order valence-electron chi connectivity index (χ4n) is 1.29. The first-order chi connectivity index (χ1) is 6.54. The van der Waals surface area contributed by atoms with Crippen molar-refractivity contribution in [3.63, 3.8) is 0 Å². The lowest BCUT2D eigenvalue weighted by atomic mass is 10.0. The Kier molecular flexibility index (Phi) is 7.17. The van der Waals surface area contributed by atoms with E-state index in [1.165, 1.54) is 19.3 Å². The molecule has 0 aromatic rings. The zero-order valence-corrected chi connectivity index (χ0v) is 9.68. The highest BCUT2D eigenvalue weighted by Gasteiger charge is 1.96. The van der Waals surface area contributed by atoms with Crippen molar-refractivity contribution in [2.24, 2.45) is 11.7 Å². The second-order valence-electron chi connectivity index (χ2n) is 4.28. The molecule has 0 atom stereocenters. The lowest BCUT2D eigenvalue weighted by Crippen LogP contribution is -2.11. The van der Waals surface area contributed by atoms with Crippen molar-refractivity contribution in [3.8, 4) is 0 Å². The minimum absolute atomic E-state index is 0.299. The number of amides is 1. The maximum Gasteiger partial charge on any atom is 0.244 e. The molecule has 82 valence electrons. The molecule has 0 heterocycles. The highest BCUT2D eigenvalue weighted by Crippen LogP contribution is 2.10. The van der Waals surface area contributed by atoms with Crippen LogP contribution < -0.4 is 5.73 Å². The highest BCUT2D eigenvalue weighted by molar-refractivity contribution is 5.91. The number of nitrogens with two attached hydrogens (primary N) is 1. The minimum Gasteiger partial charge on any atom is -0.366 e. The molecular weight excluding hydrogens is 174 g/mol. The fraction of sp³-hybridized carbons (Fsp3) is 0.750. The molecule has 0 fully saturated rings. The van der Waals surface area contributed by atoms with E-state index in [1.54, 1.807) is 6.92 Å². The molecule has 0 aromatic carbocycles. The SMILES string of the molecule is CC(=CCCCCCC(C)C)C(N)=O. The number of carbonyl (C=O) groups is 1. The Labute approximate surface area is 87.6 Å². The largest absolute Gasteiger partial charge is 0.366 e. The molecule has 0 saturated carbocycles. The van der Waals surface area contributed by atoms with Gasteiger partial charge < -0.3 is 5.73 Å².